The molecular weight excluding hydrogens is 212 g/mol. The highest BCUT2D eigenvalue weighted by atomic mass is 32.2. The Kier molecular flexibility index (Phi) is 5.54. The number of amides is 2. The number of nitrogens with one attached hydrogen (secondary N) is 2. The molecule has 0 aliphatic rings. The maximum Gasteiger partial charge on any atom is 0.314 e. The van der Waals surface area contributed by atoms with E-state index in [-0.39, 0.29) is 6.03 Å². The lowest BCUT2D eigenvalue weighted by Crippen LogP contribution is -2.34. The highest BCUT2D eigenvalue weighted by Gasteiger charge is 1.97. The molecule has 1 aromatic heterocycles. The molecule has 0 bridgehead atoms. The van der Waals surface area contributed by atoms with Gasteiger partial charge in [0.1, 0.15) is 5.82 Å². The zero-order valence-corrected chi connectivity index (χ0v) is 9.38. The summed E-state index contributed by atoms with van der Waals surface area (Å²) >= 11 is 1.69. The van der Waals surface area contributed by atoms with Gasteiger partial charge in [0.15, 0.2) is 0 Å². The molecule has 15 heavy (non-hydrogen) atoms. The lowest BCUT2D eigenvalue weighted by molar-refractivity contribution is 0.243. The van der Waals surface area contributed by atoms with Gasteiger partial charge in [0, 0.05) is 31.7 Å². The Hall–Kier alpha value is -1.30. The zero-order chi connectivity index (χ0) is 10.9. The first kappa shape index (κ1) is 11.8. The molecule has 0 radical (unpaired) electrons. The minimum atomic E-state index is -0.147. The number of carbonyl (C=O) groups is 1. The molecule has 1 aromatic rings. The molecule has 0 fully saturated rings. The van der Waals surface area contributed by atoms with Crippen molar-refractivity contribution in [1.29, 1.82) is 0 Å². The van der Waals surface area contributed by atoms with Crippen molar-refractivity contribution in [1.82, 2.24) is 20.6 Å². The topological polar surface area (TPSA) is 66.9 Å². The van der Waals surface area contributed by atoms with Crippen molar-refractivity contribution in [2.24, 2.45) is 0 Å². The molecule has 2 amide bonds. The van der Waals surface area contributed by atoms with Gasteiger partial charge < -0.3 is 10.6 Å². The molecule has 1 rings (SSSR count). The number of aromatic nitrogens is 2. The fraction of sp³-hybridized carbons (Fsp3) is 0.444. The van der Waals surface area contributed by atoms with Crippen molar-refractivity contribution in [3.8, 4) is 0 Å². The molecule has 5 nitrogen and oxygen atoms in total. The average molecular weight is 226 g/mol. The Morgan fingerprint density at radius 1 is 1.47 bits per heavy atom. The molecule has 2 N–H and O–H groups in total. The zero-order valence-electron chi connectivity index (χ0n) is 8.56. The van der Waals surface area contributed by atoms with Gasteiger partial charge in [-0.3, -0.25) is 0 Å². The molecule has 0 aromatic carbocycles. The molecule has 0 unspecified atom stereocenters. The molecule has 0 aliphatic carbocycles. The summed E-state index contributed by atoms with van der Waals surface area (Å²) < 4.78 is 0. The van der Waals surface area contributed by atoms with Crippen molar-refractivity contribution in [2.75, 3.05) is 19.3 Å². The van der Waals surface area contributed by atoms with Gasteiger partial charge in [-0.2, -0.15) is 11.8 Å². The van der Waals surface area contributed by atoms with Gasteiger partial charge in [-0.25, -0.2) is 14.8 Å². The first-order valence-corrected chi connectivity index (χ1v) is 5.77. The van der Waals surface area contributed by atoms with E-state index in [4.69, 9.17) is 0 Å². The fourth-order valence-corrected chi connectivity index (χ4v) is 1.62. The summed E-state index contributed by atoms with van der Waals surface area (Å²) in [6.07, 6.45) is 3.46. The number of carbonyl (C=O) groups excluding carboxylic acids is 1. The molecule has 0 spiro atoms. The number of hydrogen-bond acceptors (Lipinski definition) is 4. The Morgan fingerprint density at radius 2 is 2.20 bits per heavy atom. The van der Waals surface area contributed by atoms with E-state index in [2.05, 4.69) is 20.6 Å². The Balaban J connectivity index is 2.05. The maximum absolute atomic E-state index is 10.8. The van der Waals surface area contributed by atoms with Gasteiger partial charge in [-0.1, -0.05) is 0 Å². The minimum Gasteiger partial charge on any atom is -0.341 e. The summed E-state index contributed by atoms with van der Waals surface area (Å²) in [4.78, 5) is 19.0. The fourth-order valence-electron chi connectivity index (χ4n) is 0.893. The van der Waals surface area contributed by atoms with Crippen LogP contribution in [0, 0.1) is 0 Å². The van der Waals surface area contributed by atoms with Crippen molar-refractivity contribution in [3.63, 3.8) is 0 Å². The summed E-state index contributed by atoms with van der Waals surface area (Å²) in [5, 5.41) is 5.20. The molecule has 1 heterocycles. The van der Waals surface area contributed by atoms with Crippen LogP contribution >= 0.6 is 11.8 Å². The van der Waals surface area contributed by atoms with E-state index >= 15 is 0 Å². The number of nitrogens with zero attached hydrogens (tertiary/aromatic N) is 2. The Bertz CT molecular complexity index is 293. The number of urea groups is 1. The second-order valence-corrected chi connectivity index (χ2v) is 3.83. The molecule has 0 saturated heterocycles. The monoisotopic (exact) mass is 226 g/mol. The highest BCUT2D eigenvalue weighted by Crippen LogP contribution is 2.05. The SMILES string of the molecule is CNC(=O)NCCSCc1ncccn1. The van der Waals surface area contributed by atoms with E-state index in [0.717, 1.165) is 17.3 Å². The van der Waals surface area contributed by atoms with E-state index in [9.17, 15) is 4.79 Å². The number of rotatable bonds is 5. The molecular formula is C9H14N4OS. The third kappa shape index (κ3) is 5.21. The van der Waals surface area contributed by atoms with E-state index < -0.39 is 0 Å². The lowest BCUT2D eigenvalue weighted by Gasteiger charge is -2.03. The van der Waals surface area contributed by atoms with Crippen LogP contribution < -0.4 is 10.6 Å². The van der Waals surface area contributed by atoms with Crippen LogP contribution in [-0.2, 0) is 5.75 Å². The third-order valence-electron chi connectivity index (χ3n) is 1.61. The van der Waals surface area contributed by atoms with E-state index in [1.807, 2.05) is 0 Å². The molecule has 6 heteroatoms. The van der Waals surface area contributed by atoms with Crippen molar-refractivity contribution in [3.05, 3.63) is 24.3 Å². The predicted octanol–water partition coefficient (Wildman–Crippen LogP) is 0.639. The smallest absolute Gasteiger partial charge is 0.314 e. The first-order valence-electron chi connectivity index (χ1n) is 4.62. The lowest BCUT2D eigenvalue weighted by atomic mass is 10.6. The van der Waals surface area contributed by atoms with Crippen LogP contribution in [0.1, 0.15) is 5.82 Å². The molecule has 0 saturated carbocycles. The largest absolute Gasteiger partial charge is 0.341 e. The number of hydrogen-bond donors (Lipinski definition) is 2. The van der Waals surface area contributed by atoms with E-state index in [1.165, 1.54) is 0 Å². The van der Waals surface area contributed by atoms with Crippen molar-refractivity contribution in [2.45, 2.75) is 5.75 Å². The van der Waals surface area contributed by atoms with Gasteiger partial charge in [0.25, 0.3) is 0 Å². The summed E-state index contributed by atoms with van der Waals surface area (Å²) in [7, 11) is 1.60. The van der Waals surface area contributed by atoms with Gasteiger partial charge in [-0.05, 0) is 6.07 Å². The standard InChI is InChI=1S/C9H14N4OS/c1-10-9(14)13-5-6-15-7-8-11-3-2-4-12-8/h2-4H,5-7H2,1H3,(H2,10,13,14). The summed E-state index contributed by atoms with van der Waals surface area (Å²) in [5.41, 5.74) is 0. The third-order valence-corrected chi connectivity index (χ3v) is 2.56. The van der Waals surface area contributed by atoms with Gasteiger partial charge in [0.05, 0.1) is 5.75 Å². The summed E-state index contributed by atoms with van der Waals surface area (Å²) in [6.45, 7) is 0.650. The van der Waals surface area contributed by atoms with Crippen LogP contribution in [0.2, 0.25) is 0 Å². The van der Waals surface area contributed by atoms with Crippen LogP contribution in [0.25, 0.3) is 0 Å². The van der Waals surface area contributed by atoms with Crippen molar-refractivity contribution < 1.29 is 4.79 Å². The van der Waals surface area contributed by atoms with Gasteiger partial charge >= 0.3 is 6.03 Å². The maximum atomic E-state index is 10.8. The van der Waals surface area contributed by atoms with E-state index in [0.29, 0.717) is 6.54 Å². The van der Waals surface area contributed by atoms with Crippen LogP contribution in [0.4, 0.5) is 4.79 Å². The van der Waals surface area contributed by atoms with Crippen LogP contribution in [-0.4, -0.2) is 35.3 Å². The van der Waals surface area contributed by atoms with Gasteiger partial charge in [-0.15, -0.1) is 0 Å². The average Bonchev–Trinajstić information content (AvgIpc) is 2.29. The second kappa shape index (κ2) is 7.05. The highest BCUT2D eigenvalue weighted by molar-refractivity contribution is 7.98. The Morgan fingerprint density at radius 3 is 2.87 bits per heavy atom. The minimum absolute atomic E-state index is 0.147. The summed E-state index contributed by atoms with van der Waals surface area (Å²) in [5.74, 6) is 2.45. The van der Waals surface area contributed by atoms with Gasteiger partial charge in [0.2, 0.25) is 0 Å². The number of thioether (sulfide) groups is 1. The molecule has 82 valence electrons. The van der Waals surface area contributed by atoms with Crippen LogP contribution in [0.5, 0.6) is 0 Å². The molecule has 0 aliphatic heterocycles. The van der Waals surface area contributed by atoms with Crippen LogP contribution in [0.15, 0.2) is 18.5 Å². The predicted molar refractivity (Wildman–Crippen MR) is 60.7 cm³/mol. The summed E-state index contributed by atoms with van der Waals surface area (Å²) in [6, 6.07) is 1.65. The Labute approximate surface area is 93.1 Å². The van der Waals surface area contributed by atoms with Crippen molar-refractivity contribution >= 4 is 17.8 Å². The normalized spacial score (nSPS) is 9.67. The quantitative estimate of drug-likeness (QED) is 0.723. The van der Waals surface area contributed by atoms with E-state index in [1.54, 1.807) is 37.3 Å². The second-order valence-electron chi connectivity index (χ2n) is 2.72. The van der Waals surface area contributed by atoms with Crippen LogP contribution in [0.3, 0.4) is 0 Å². The molecule has 0 atom stereocenters. The first-order chi connectivity index (χ1) is 7.33.